The van der Waals surface area contributed by atoms with E-state index in [1.54, 1.807) is 12.1 Å². The Morgan fingerprint density at radius 2 is 1.90 bits per heavy atom. The van der Waals surface area contributed by atoms with E-state index in [1.807, 2.05) is 37.9 Å². The number of pyridine rings is 1. The highest BCUT2D eigenvalue weighted by Crippen LogP contribution is 2.31. The highest BCUT2D eigenvalue weighted by atomic mass is 19.1. The molecule has 0 fully saturated rings. The van der Waals surface area contributed by atoms with Gasteiger partial charge in [-0.1, -0.05) is 12.1 Å². The first-order chi connectivity index (χ1) is 13.8. The Bertz CT molecular complexity index is 977. The third kappa shape index (κ3) is 4.90. The molecule has 0 atom stereocenters. The topological polar surface area (TPSA) is 100 Å². The van der Waals surface area contributed by atoms with Crippen molar-refractivity contribution in [2.75, 3.05) is 29.5 Å². The van der Waals surface area contributed by atoms with Crippen LogP contribution in [0.25, 0.3) is 11.4 Å². The summed E-state index contributed by atoms with van der Waals surface area (Å²) in [5, 5.41) is 12.7. The average Bonchev–Trinajstić information content (AvgIpc) is 2.70. The summed E-state index contributed by atoms with van der Waals surface area (Å²) < 4.78 is 13.7. The van der Waals surface area contributed by atoms with Crippen molar-refractivity contribution < 1.29 is 9.50 Å². The Morgan fingerprint density at radius 1 is 1.17 bits per heavy atom. The molecule has 0 spiro atoms. The largest absolute Gasteiger partial charge is 0.508 e. The first-order valence-electron chi connectivity index (χ1n) is 9.38. The van der Waals surface area contributed by atoms with E-state index in [9.17, 15) is 9.50 Å². The van der Waals surface area contributed by atoms with Gasteiger partial charge in [0, 0.05) is 31.4 Å². The third-order valence-electron chi connectivity index (χ3n) is 4.64. The summed E-state index contributed by atoms with van der Waals surface area (Å²) in [7, 11) is 1.90. The molecule has 0 aliphatic rings. The van der Waals surface area contributed by atoms with Crippen molar-refractivity contribution >= 4 is 17.3 Å². The molecule has 2 heterocycles. The molecule has 0 saturated carbocycles. The maximum absolute atomic E-state index is 13.7. The van der Waals surface area contributed by atoms with Gasteiger partial charge in [-0.05, 0) is 44.0 Å². The van der Waals surface area contributed by atoms with Crippen LogP contribution >= 0.6 is 0 Å². The monoisotopic (exact) mass is 396 g/mol. The first-order valence-corrected chi connectivity index (χ1v) is 9.38. The predicted octanol–water partition coefficient (Wildman–Crippen LogP) is 3.46. The van der Waals surface area contributed by atoms with Crippen LogP contribution in [-0.4, -0.2) is 39.7 Å². The smallest absolute Gasteiger partial charge is 0.165 e. The van der Waals surface area contributed by atoms with Crippen molar-refractivity contribution in [1.29, 1.82) is 0 Å². The van der Waals surface area contributed by atoms with Gasteiger partial charge >= 0.3 is 0 Å². The maximum atomic E-state index is 13.7. The summed E-state index contributed by atoms with van der Waals surface area (Å²) in [5.74, 6) is 1.18. The fourth-order valence-electron chi connectivity index (χ4n) is 2.76. The lowest BCUT2D eigenvalue weighted by atomic mass is 10.1. The van der Waals surface area contributed by atoms with Crippen LogP contribution in [0.15, 0.2) is 42.7 Å². The molecule has 29 heavy (non-hydrogen) atoms. The fourth-order valence-corrected chi connectivity index (χ4v) is 2.76. The lowest BCUT2D eigenvalue weighted by Crippen LogP contribution is -2.28. The van der Waals surface area contributed by atoms with Crippen molar-refractivity contribution in [3.05, 3.63) is 54.1 Å². The minimum Gasteiger partial charge on any atom is -0.508 e. The molecule has 152 valence electrons. The summed E-state index contributed by atoms with van der Waals surface area (Å²) >= 11 is 0. The molecule has 0 amide bonds. The molecule has 1 aromatic carbocycles. The number of hydrogen-bond acceptors (Lipinski definition) is 7. The van der Waals surface area contributed by atoms with E-state index < -0.39 is 5.82 Å². The van der Waals surface area contributed by atoms with Gasteiger partial charge in [0.15, 0.2) is 17.5 Å². The Kier molecular flexibility index (Phi) is 6.11. The molecule has 0 saturated heterocycles. The zero-order chi connectivity index (χ0) is 21.0. The number of phenols is 1. The van der Waals surface area contributed by atoms with Crippen LogP contribution in [0.2, 0.25) is 0 Å². The van der Waals surface area contributed by atoms with E-state index in [-0.39, 0.29) is 11.8 Å². The van der Waals surface area contributed by atoms with E-state index in [0.29, 0.717) is 35.3 Å². The number of nitrogens with one attached hydrogen (secondary N) is 1. The molecular formula is C21H25FN6O. The molecule has 3 aromatic rings. The number of benzene rings is 1. The van der Waals surface area contributed by atoms with Crippen molar-refractivity contribution in [2.45, 2.75) is 26.3 Å². The molecule has 2 aromatic heterocycles. The molecular weight excluding hydrogens is 371 g/mol. The average molecular weight is 396 g/mol. The molecule has 8 heteroatoms. The quantitative estimate of drug-likeness (QED) is 0.562. The number of hydrogen-bond donors (Lipinski definition) is 3. The van der Waals surface area contributed by atoms with Gasteiger partial charge in [0.05, 0.1) is 6.20 Å². The molecule has 0 unspecified atom stereocenters. The molecule has 3 rings (SSSR count). The maximum Gasteiger partial charge on any atom is 0.165 e. The number of rotatable bonds is 7. The third-order valence-corrected chi connectivity index (χ3v) is 4.64. The van der Waals surface area contributed by atoms with E-state index in [0.717, 1.165) is 18.2 Å². The summed E-state index contributed by atoms with van der Waals surface area (Å²) in [5.41, 5.74) is 8.32. The van der Waals surface area contributed by atoms with E-state index >= 15 is 0 Å². The molecule has 4 N–H and O–H groups in total. The number of nitrogens with two attached hydrogens (primary N) is 1. The van der Waals surface area contributed by atoms with Crippen molar-refractivity contribution in [1.82, 2.24) is 15.0 Å². The van der Waals surface area contributed by atoms with E-state index in [2.05, 4.69) is 20.3 Å². The van der Waals surface area contributed by atoms with Crippen molar-refractivity contribution in [3.8, 4) is 17.1 Å². The second-order valence-corrected chi connectivity index (χ2v) is 7.07. The number of phenolic OH excluding ortho intramolecular Hbond substituents is 1. The number of nitrogens with zero attached hydrogens (tertiary/aromatic N) is 4. The number of aromatic nitrogens is 3. The number of anilines is 3. The Hall–Kier alpha value is -3.42. The van der Waals surface area contributed by atoms with Gasteiger partial charge in [0.25, 0.3) is 0 Å². The SMILES string of the molecule is CC(C)N(C)c1nc(-c2cncc(F)c2)nc(NCCc2ccc(O)cc2)c1N. The van der Waals surface area contributed by atoms with E-state index in [1.165, 1.54) is 12.3 Å². The van der Waals surface area contributed by atoms with Crippen LogP contribution in [0.4, 0.5) is 21.7 Å². The zero-order valence-electron chi connectivity index (χ0n) is 16.7. The number of aromatic hydroxyl groups is 1. The summed E-state index contributed by atoms with van der Waals surface area (Å²) in [6.07, 6.45) is 3.38. The number of nitrogen functional groups attached to an aromatic ring is 1. The first kappa shape index (κ1) is 20.3. The Labute approximate surface area is 169 Å². The van der Waals surface area contributed by atoms with Crippen LogP contribution in [0.1, 0.15) is 19.4 Å². The second kappa shape index (κ2) is 8.72. The zero-order valence-corrected chi connectivity index (χ0v) is 16.7. The van der Waals surface area contributed by atoms with Gasteiger partial charge in [-0.15, -0.1) is 0 Å². The predicted molar refractivity (Wildman–Crippen MR) is 113 cm³/mol. The molecule has 7 nitrogen and oxygen atoms in total. The van der Waals surface area contributed by atoms with Gasteiger partial charge in [-0.2, -0.15) is 0 Å². The minimum atomic E-state index is -0.455. The van der Waals surface area contributed by atoms with Gasteiger partial charge in [-0.25, -0.2) is 14.4 Å². The molecule has 0 aliphatic heterocycles. The summed E-state index contributed by atoms with van der Waals surface area (Å²) in [6.45, 7) is 4.64. The molecule has 0 radical (unpaired) electrons. The van der Waals surface area contributed by atoms with Gasteiger partial charge < -0.3 is 21.1 Å². The van der Waals surface area contributed by atoms with Crippen molar-refractivity contribution in [3.63, 3.8) is 0 Å². The van der Waals surface area contributed by atoms with Crippen LogP contribution in [-0.2, 0) is 6.42 Å². The molecule has 0 bridgehead atoms. The lowest BCUT2D eigenvalue weighted by molar-refractivity contribution is 0.475. The second-order valence-electron chi connectivity index (χ2n) is 7.07. The normalized spacial score (nSPS) is 10.9. The van der Waals surface area contributed by atoms with Crippen LogP contribution in [0.5, 0.6) is 5.75 Å². The highest BCUT2D eigenvalue weighted by molar-refractivity contribution is 5.78. The van der Waals surface area contributed by atoms with Gasteiger partial charge in [0.2, 0.25) is 0 Å². The van der Waals surface area contributed by atoms with E-state index in [4.69, 9.17) is 5.73 Å². The van der Waals surface area contributed by atoms with Crippen LogP contribution < -0.4 is 16.0 Å². The standard InChI is InChI=1S/C21H25FN6O/c1-13(2)28(3)21-18(23)20(25-9-8-14-4-6-17(29)7-5-14)26-19(27-21)15-10-16(22)12-24-11-15/h4-7,10-13,29H,8-9,23H2,1-3H3,(H,25,26,27). The Balaban J connectivity index is 1.90. The number of halogens is 1. The highest BCUT2D eigenvalue weighted by Gasteiger charge is 2.18. The lowest BCUT2D eigenvalue weighted by Gasteiger charge is -2.25. The van der Waals surface area contributed by atoms with Gasteiger partial charge in [0.1, 0.15) is 17.3 Å². The van der Waals surface area contributed by atoms with Crippen molar-refractivity contribution in [2.24, 2.45) is 0 Å². The minimum absolute atomic E-state index is 0.163. The van der Waals surface area contributed by atoms with Crippen LogP contribution in [0.3, 0.4) is 0 Å². The fraction of sp³-hybridized carbons (Fsp3) is 0.286. The summed E-state index contributed by atoms with van der Waals surface area (Å²) in [6, 6.07) is 8.54. The Morgan fingerprint density at radius 3 is 2.55 bits per heavy atom. The van der Waals surface area contributed by atoms with Crippen LogP contribution in [0, 0.1) is 5.82 Å². The molecule has 0 aliphatic carbocycles. The van der Waals surface area contributed by atoms with Gasteiger partial charge in [-0.3, -0.25) is 4.98 Å². The summed E-state index contributed by atoms with van der Waals surface area (Å²) in [4.78, 5) is 14.9.